The maximum Gasteiger partial charge on any atom is 1.00 e. The largest absolute Gasteiger partial charge is 1.00 e. The summed E-state index contributed by atoms with van der Waals surface area (Å²) in [5.41, 5.74) is 0. The first-order valence-electron chi connectivity index (χ1n) is 0. The molecular weight excluding hydrogens is 101 g/mol. The molecule has 0 aliphatic carbocycles. The van der Waals surface area contributed by atoms with Crippen LogP contribution in [0.1, 0.15) is 1.43 Å². The van der Waals surface area contributed by atoms with E-state index < -0.39 is 0 Å². The molecule has 0 spiro atoms. The third kappa shape index (κ3) is 9.22. The van der Waals surface area contributed by atoms with Crippen LogP contribution in [0.2, 0.25) is 0 Å². The van der Waals surface area contributed by atoms with E-state index in [0.717, 1.165) is 0 Å². The molecule has 0 aliphatic rings. The molecule has 1 nitrogen and oxygen atoms in total. The zero-order valence-electron chi connectivity index (χ0n) is 2.91. The quantitative estimate of drug-likeness (QED) is 0.280. The van der Waals surface area contributed by atoms with Crippen LogP contribution in [-0.4, -0.2) is 22.8 Å². The van der Waals surface area contributed by atoms with Crippen LogP contribution in [0.4, 0.5) is 0 Å². The molecule has 0 saturated heterocycles. The fraction of sp³-hybridized carbons (Fsp3) is 0. The zero-order valence-corrected chi connectivity index (χ0v) is 4.72. The molecule has 4 heteroatoms. The summed E-state index contributed by atoms with van der Waals surface area (Å²) in [4.78, 5) is 0. The summed E-state index contributed by atoms with van der Waals surface area (Å²) in [7, 11) is 0. The Morgan fingerprint density at radius 3 is 1.25 bits per heavy atom. The van der Waals surface area contributed by atoms with E-state index in [1.54, 1.807) is 0 Å². The Labute approximate surface area is 65.8 Å². The van der Waals surface area contributed by atoms with Gasteiger partial charge in [0, 0.05) is 0 Å². The van der Waals surface area contributed by atoms with Gasteiger partial charge in [0.1, 0.15) is 0 Å². The van der Waals surface area contributed by atoms with Crippen LogP contribution in [0.3, 0.4) is 0 Å². The Morgan fingerprint density at radius 1 is 1.25 bits per heavy atom. The molecule has 0 aromatic carbocycles. The molecule has 0 saturated carbocycles. The monoisotopic (exact) mass is 108 g/mol. The van der Waals surface area contributed by atoms with Gasteiger partial charge in [-0.1, -0.05) is 0 Å². The van der Waals surface area contributed by atoms with Gasteiger partial charge >= 0.3 is 29.6 Å². The van der Waals surface area contributed by atoms with E-state index in [-0.39, 0.29) is 66.2 Å². The first-order valence-corrected chi connectivity index (χ1v) is 0. The summed E-state index contributed by atoms with van der Waals surface area (Å²) in [6.07, 6.45) is 0. The van der Waals surface area contributed by atoms with E-state index in [0.29, 0.717) is 0 Å². The van der Waals surface area contributed by atoms with Crippen molar-refractivity contribution in [2.45, 2.75) is 0 Å². The van der Waals surface area contributed by atoms with Crippen LogP contribution in [0.5, 0.6) is 0 Å². The summed E-state index contributed by atoms with van der Waals surface area (Å²) in [5.74, 6) is 0. The predicted molar refractivity (Wildman–Crippen MR) is 21.9 cm³/mol. The summed E-state index contributed by atoms with van der Waals surface area (Å²) >= 11 is 0. The maximum atomic E-state index is 0. The molecule has 0 amide bonds. The van der Waals surface area contributed by atoms with E-state index in [1.807, 2.05) is 0 Å². The third-order valence-corrected chi connectivity index (χ3v) is 0. The molecule has 0 bridgehead atoms. The van der Waals surface area contributed by atoms with Crippen molar-refractivity contribution < 1.29 is 36.5 Å². The molecule has 0 atom stereocenters. The van der Waals surface area contributed by atoms with Crippen molar-refractivity contribution in [2.24, 2.45) is 0 Å². The Morgan fingerprint density at radius 2 is 1.25 bits per heavy atom. The molecule has 0 aromatic heterocycles. The maximum absolute atomic E-state index is 0. The molecule has 0 rings (SSSR count). The Bertz CT molecular complexity index is 11.6. The van der Waals surface area contributed by atoms with Crippen molar-refractivity contribution in [2.75, 3.05) is 0 Å². The molecule has 0 radical (unpaired) electrons. The molecule has 0 aliphatic heterocycles. The van der Waals surface area contributed by atoms with E-state index in [9.17, 15) is 0 Å². The van der Waals surface area contributed by atoms with Gasteiger partial charge in [0.05, 0.1) is 0 Å². The van der Waals surface area contributed by atoms with Crippen LogP contribution >= 0.6 is 12.4 Å². The Hall–Kier alpha value is 1.78. The van der Waals surface area contributed by atoms with Crippen molar-refractivity contribution in [3.63, 3.8) is 0 Å². The molecule has 0 aromatic rings. The second kappa shape index (κ2) is 21.5. The van der Waals surface area contributed by atoms with Crippen LogP contribution in [0.15, 0.2) is 0 Å². The number of hydrogen-bond acceptors (Lipinski definition) is 0. The van der Waals surface area contributed by atoms with Gasteiger partial charge in [0.15, 0.2) is 17.4 Å². The summed E-state index contributed by atoms with van der Waals surface area (Å²) in [6, 6.07) is 0. The summed E-state index contributed by atoms with van der Waals surface area (Å²) < 4.78 is 0. The van der Waals surface area contributed by atoms with Gasteiger partial charge in [-0.15, -0.1) is 12.4 Å². The zero-order chi connectivity index (χ0) is 0. The molecule has 0 fully saturated rings. The van der Waals surface area contributed by atoms with Gasteiger partial charge in [0.2, 0.25) is 0 Å². The average Bonchev–Trinajstić information content (AvgIpc) is 0. The first kappa shape index (κ1) is 41.6. The van der Waals surface area contributed by atoms with E-state index in [2.05, 4.69) is 0 Å². The minimum absolute atomic E-state index is 0. The van der Waals surface area contributed by atoms with Crippen LogP contribution in [-0.2, 0) is 0 Å². The fourth-order valence-corrected chi connectivity index (χ4v) is 0. The molecule has 24 valence electrons. The summed E-state index contributed by atoms with van der Waals surface area (Å²) in [5, 5.41) is 0. The van der Waals surface area contributed by atoms with Crippen LogP contribution < -0.4 is 29.6 Å². The van der Waals surface area contributed by atoms with Gasteiger partial charge in [-0.25, -0.2) is 0 Å². The normalized spacial score (nSPS) is 0. The van der Waals surface area contributed by atoms with Crippen molar-refractivity contribution in [3.8, 4) is 0 Å². The first-order chi connectivity index (χ1) is 0. The van der Waals surface area contributed by atoms with Gasteiger partial charge in [0.25, 0.3) is 0 Å². The number of halogens is 1. The molecule has 2 N–H and O–H groups in total. The third-order valence-electron chi connectivity index (χ3n) is 0. The SMILES string of the molecule is Cl.O.[AlH3].[H-].[Na+]. The van der Waals surface area contributed by atoms with Crippen molar-refractivity contribution in [3.05, 3.63) is 0 Å². The minimum Gasteiger partial charge on any atom is -1.00 e. The van der Waals surface area contributed by atoms with E-state index in [1.165, 1.54) is 0 Å². The minimum atomic E-state index is 0. The Balaban J connectivity index is 0. The van der Waals surface area contributed by atoms with Crippen LogP contribution in [0, 0.1) is 0 Å². The van der Waals surface area contributed by atoms with Crippen LogP contribution in [0.25, 0.3) is 0 Å². The predicted octanol–water partition coefficient (Wildman–Crippen LogP) is -4.47. The van der Waals surface area contributed by atoms with Crippen molar-refractivity contribution in [1.29, 1.82) is 0 Å². The second-order valence-corrected chi connectivity index (χ2v) is 0. The Kier molecular flexibility index (Phi) is 224. The van der Waals surface area contributed by atoms with Gasteiger partial charge in [-0.2, -0.15) is 0 Å². The standard InChI is InChI=1S/Al.ClH.Na.H2O.4H/h;1H;;1H2;;;;/q;;+1;;;;;-1. The van der Waals surface area contributed by atoms with Crippen molar-refractivity contribution >= 4 is 29.8 Å². The smallest absolute Gasteiger partial charge is 1.00 e. The van der Waals surface area contributed by atoms with Crippen molar-refractivity contribution in [1.82, 2.24) is 0 Å². The average molecular weight is 108 g/mol. The molecule has 0 unspecified atom stereocenters. The second-order valence-electron chi connectivity index (χ2n) is 0. The number of rotatable bonds is 0. The number of hydrogen-bond donors (Lipinski definition) is 0. The molecule has 4 heavy (non-hydrogen) atoms. The fourth-order valence-electron chi connectivity index (χ4n) is 0. The molecule has 0 heterocycles. The van der Waals surface area contributed by atoms with Gasteiger partial charge < -0.3 is 6.90 Å². The summed E-state index contributed by atoms with van der Waals surface area (Å²) in [6.45, 7) is 0. The van der Waals surface area contributed by atoms with E-state index >= 15 is 0 Å². The van der Waals surface area contributed by atoms with E-state index in [4.69, 9.17) is 0 Å². The van der Waals surface area contributed by atoms with Gasteiger partial charge in [-0.3, -0.25) is 0 Å². The van der Waals surface area contributed by atoms with Gasteiger partial charge in [-0.05, 0) is 0 Å². The topological polar surface area (TPSA) is 31.5 Å². The molecular formula is H7AlClNaO.